The van der Waals surface area contributed by atoms with Gasteiger partial charge in [0.1, 0.15) is 0 Å². The quantitative estimate of drug-likeness (QED) is 0.682. The standard InChI is InChI=1S/C14H19ClO/c1-10(2)5-4-6-14(16)12-7-8-13(15)11(3)9-12/h7-10H,4-6H2,1-3H3. The van der Waals surface area contributed by atoms with Gasteiger partial charge in [0.25, 0.3) is 0 Å². The minimum atomic E-state index is 0.223. The van der Waals surface area contributed by atoms with E-state index in [2.05, 4.69) is 13.8 Å². The van der Waals surface area contributed by atoms with Gasteiger partial charge in [-0.05, 0) is 43.0 Å². The molecule has 1 nitrogen and oxygen atoms in total. The molecule has 0 aromatic heterocycles. The van der Waals surface area contributed by atoms with E-state index in [-0.39, 0.29) is 5.78 Å². The second kappa shape index (κ2) is 6.05. The molecule has 88 valence electrons. The maximum absolute atomic E-state index is 11.8. The third-order valence-electron chi connectivity index (χ3n) is 2.67. The third kappa shape index (κ3) is 3.97. The van der Waals surface area contributed by atoms with Crippen LogP contribution in [0, 0.1) is 12.8 Å². The number of carbonyl (C=O) groups excluding carboxylic acids is 1. The SMILES string of the molecule is Cc1cc(C(=O)CCCC(C)C)ccc1Cl. The van der Waals surface area contributed by atoms with Gasteiger partial charge >= 0.3 is 0 Å². The normalized spacial score (nSPS) is 10.8. The Morgan fingerprint density at radius 3 is 2.62 bits per heavy atom. The van der Waals surface area contributed by atoms with E-state index in [0.717, 1.165) is 29.0 Å². The van der Waals surface area contributed by atoms with E-state index >= 15 is 0 Å². The van der Waals surface area contributed by atoms with E-state index < -0.39 is 0 Å². The molecule has 16 heavy (non-hydrogen) atoms. The summed E-state index contributed by atoms with van der Waals surface area (Å²) >= 11 is 5.92. The molecule has 0 aliphatic rings. The number of benzene rings is 1. The summed E-state index contributed by atoms with van der Waals surface area (Å²) < 4.78 is 0. The third-order valence-corrected chi connectivity index (χ3v) is 3.09. The zero-order chi connectivity index (χ0) is 12.1. The van der Waals surface area contributed by atoms with Gasteiger partial charge < -0.3 is 0 Å². The fourth-order valence-corrected chi connectivity index (χ4v) is 1.75. The van der Waals surface area contributed by atoms with Crippen LogP contribution in [0.5, 0.6) is 0 Å². The minimum Gasteiger partial charge on any atom is -0.294 e. The minimum absolute atomic E-state index is 0.223. The highest BCUT2D eigenvalue weighted by molar-refractivity contribution is 6.31. The van der Waals surface area contributed by atoms with Crippen molar-refractivity contribution in [2.75, 3.05) is 0 Å². The molecule has 0 aliphatic heterocycles. The van der Waals surface area contributed by atoms with Crippen LogP contribution in [0.2, 0.25) is 5.02 Å². The summed E-state index contributed by atoms with van der Waals surface area (Å²) in [5.74, 6) is 0.889. The lowest BCUT2D eigenvalue weighted by molar-refractivity contribution is 0.0978. The van der Waals surface area contributed by atoms with Crippen LogP contribution in [0.4, 0.5) is 0 Å². The van der Waals surface area contributed by atoms with E-state index in [4.69, 9.17) is 11.6 Å². The van der Waals surface area contributed by atoms with Gasteiger partial charge in [-0.2, -0.15) is 0 Å². The Hall–Kier alpha value is -0.820. The van der Waals surface area contributed by atoms with Crippen LogP contribution in [0.15, 0.2) is 18.2 Å². The largest absolute Gasteiger partial charge is 0.294 e. The first-order chi connectivity index (χ1) is 7.50. The van der Waals surface area contributed by atoms with Crippen molar-refractivity contribution in [2.24, 2.45) is 5.92 Å². The monoisotopic (exact) mass is 238 g/mol. The van der Waals surface area contributed by atoms with Gasteiger partial charge in [0.15, 0.2) is 5.78 Å². The molecule has 0 radical (unpaired) electrons. The number of carbonyl (C=O) groups is 1. The fraction of sp³-hybridized carbons (Fsp3) is 0.500. The lowest BCUT2D eigenvalue weighted by Crippen LogP contribution is -2.00. The molecule has 0 N–H and O–H groups in total. The summed E-state index contributed by atoms with van der Waals surface area (Å²) in [7, 11) is 0. The van der Waals surface area contributed by atoms with Crippen molar-refractivity contribution in [3.05, 3.63) is 34.3 Å². The van der Waals surface area contributed by atoms with Crippen LogP contribution in [-0.4, -0.2) is 5.78 Å². The van der Waals surface area contributed by atoms with Crippen molar-refractivity contribution in [3.63, 3.8) is 0 Å². The summed E-state index contributed by atoms with van der Waals surface area (Å²) in [4.78, 5) is 11.8. The van der Waals surface area contributed by atoms with Crippen LogP contribution >= 0.6 is 11.6 Å². The number of hydrogen-bond donors (Lipinski definition) is 0. The van der Waals surface area contributed by atoms with Gasteiger partial charge in [-0.1, -0.05) is 31.9 Å². The van der Waals surface area contributed by atoms with Gasteiger partial charge in [-0.15, -0.1) is 0 Å². The number of halogens is 1. The molecule has 0 atom stereocenters. The smallest absolute Gasteiger partial charge is 0.162 e. The van der Waals surface area contributed by atoms with Gasteiger partial charge in [0, 0.05) is 17.0 Å². The number of Topliss-reactive ketones (excluding diaryl/α,β-unsaturated/α-hetero) is 1. The summed E-state index contributed by atoms with van der Waals surface area (Å²) in [5.41, 5.74) is 1.75. The molecule has 0 saturated carbocycles. The van der Waals surface area contributed by atoms with E-state index in [1.165, 1.54) is 0 Å². The van der Waals surface area contributed by atoms with Crippen LogP contribution < -0.4 is 0 Å². The Balaban J connectivity index is 2.56. The van der Waals surface area contributed by atoms with Gasteiger partial charge in [0.2, 0.25) is 0 Å². The molecule has 0 fully saturated rings. The van der Waals surface area contributed by atoms with Gasteiger partial charge in [-0.25, -0.2) is 0 Å². The Morgan fingerprint density at radius 2 is 2.06 bits per heavy atom. The lowest BCUT2D eigenvalue weighted by atomic mass is 10.0. The summed E-state index contributed by atoms with van der Waals surface area (Å²) in [6.07, 6.45) is 2.72. The van der Waals surface area contributed by atoms with E-state index in [1.807, 2.05) is 19.1 Å². The summed E-state index contributed by atoms with van der Waals surface area (Å²) in [5, 5.41) is 0.721. The Kier molecular flexibility index (Phi) is 5.01. The number of aryl methyl sites for hydroxylation is 1. The van der Waals surface area contributed by atoms with Gasteiger partial charge in [0.05, 0.1) is 0 Å². The molecule has 0 spiro atoms. The maximum Gasteiger partial charge on any atom is 0.162 e. The van der Waals surface area contributed by atoms with Crippen LogP contribution in [0.1, 0.15) is 49.0 Å². The molecule has 1 aromatic rings. The molecule has 0 heterocycles. The average Bonchev–Trinajstić information content (AvgIpc) is 2.21. The Morgan fingerprint density at radius 1 is 1.38 bits per heavy atom. The van der Waals surface area contributed by atoms with Crippen LogP contribution in [0.25, 0.3) is 0 Å². The molecule has 0 saturated heterocycles. The Labute approximate surface area is 103 Å². The zero-order valence-corrected chi connectivity index (χ0v) is 11.0. The first kappa shape index (κ1) is 13.2. The number of rotatable bonds is 5. The molecule has 0 unspecified atom stereocenters. The van der Waals surface area contributed by atoms with Crippen molar-refractivity contribution in [1.29, 1.82) is 0 Å². The lowest BCUT2D eigenvalue weighted by Gasteiger charge is -2.05. The molecule has 2 heteroatoms. The Bertz CT molecular complexity index is 369. The van der Waals surface area contributed by atoms with Crippen molar-refractivity contribution >= 4 is 17.4 Å². The van der Waals surface area contributed by atoms with E-state index in [9.17, 15) is 4.79 Å². The zero-order valence-electron chi connectivity index (χ0n) is 10.2. The van der Waals surface area contributed by atoms with Crippen LogP contribution in [0.3, 0.4) is 0 Å². The summed E-state index contributed by atoms with van der Waals surface area (Å²) in [6, 6.07) is 5.49. The number of hydrogen-bond acceptors (Lipinski definition) is 1. The van der Waals surface area contributed by atoms with Crippen molar-refractivity contribution in [1.82, 2.24) is 0 Å². The summed E-state index contributed by atoms with van der Waals surface area (Å²) in [6.45, 7) is 6.28. The average molecular weight is 239 g/mol. The highest BCUT2D eigenvalue weighted by atomic mass is 35.5. The predicted molar refractivity (Wildman–Crippen MR) is 69.2 cm³/mol. The molecule has 0 bridgehead atoms. The van der Waals surface area contributed by atoms with Crippen LogP contribution in [-0.2, 0) is 0 Å². The second-order valence-corrected chi connectivity index (χ2v) is 5.08. The van der Waals surface area contributed by atoms with Crippen molar-refractivity contribution in [3.8, 4) is 0 Å². The molecule has 0 aliphatic carbocycles. The topological polar surface area (TPSA) is 17.1 Å². The second-order valence-electron chi connectivity index (χ2n) is 4.67. The molecule has 1 rings (SSSR count). The first-order valence-corrected chi connectivity index (χ1v) is 6.18. The fourth-order valence-electron chi connectivity index (χ4n) is 1.63. The first-order valence-electron chi connectivity index (χ1n) is 5.80. The molecular formula is C14H19ClO. The molecule has 0 amide bonds. The van der Waals surface area contributed by atoms with Crippen molar-refractivity contribution < 1.29 is 4.79 Å². The van der Waals surface area contributed by atoms with E-state index in [1.54, 1.807) is 6.07 Å². The highest BCUT2D eigenvalue weighted by Crippen LogP contribution is 2.18. The highest BCUT2D eigenvalue weighted by Gasteiger charge is 2.07. The number of ketones is 1. The maximum atomic E-state index is 11.8. The predicted octanol–water partition coefficient (Wildman–Crippen LogP) is 4.66. The van der Waals surface area contributed by atoms with Gasteiger partial charge in [-0.3, -0.25) is 4.79 Å². The molecule has 1 aromatic carbocycles. The molecular weight excluding hydrogens is 220 g/mol. The van der Waals surface area contributed by atoms with Crippen molar-refractivity contribution in [2.45, 2.75) is 40.0 Å². The van der Waals surface area contributed by atoms with E-state index in [0.29, 0.717) is 12.3 Å².